The summed E-state index contributed by atoms with van der Waals surface area (Å²) in [5.74, 6) is 3.19. The van der Waals surface area contributed by atoms with Crippen molar-refractivity contribution in [2.75, 3.05) is 37.5 Å². The van der Waals surface area contributed by atoms with E-state index in [4.69, 9.17) is 14.6 Å². The maximum Gasteiger partial charge on any atom is 0.226 e. The molecular weight excluding hydrogens is 420 g/mol. The number of carbonyl (C=O) groups is 1. The van der Waals surface area contributed by atoms with Gasteiger partial charge in [-0.3, -0.25) is 4.79 Å². The molecule has 1 aromatic carbocycles. The first-order valence-corrected chi connectivity index (χ1v) is 11.3. The molecule has 0 radical (unpaired) electrons. The van der Waals surface area contributed by atoms with Crippen LogP contribution in [0.2, 0.25) is 0 Å². The number of hydrogen-bond acceptors (Lipinski definition) is 7. The van der Waals surface area contributed by atoms with E-state index in [1.54, 1.807) is 18.9 Å². The normalized spacial score (nSPS) is 18.0. The van der Waals surface area contributed by atoms with Crippen LogP contribution in [0.1, 0.15) is 48.4 Å². The van der Waals surface area contributed by atoms with Gasteiger partial charge in [0.25, 0.3) is 0 Å². The van der Waals surface area contributed by atoms with E-state index in [-0.39, 0.29) is 11.8 Å². The third kappa shape index (κ3) is 3.88. The van der Waals surface area contributed by atoms with Gasteiger partial charge < -0.3 is 19.7 Å². The number of anilines is 2. The Kier molecular flexibility index (Phi) is 5.62. The van der Waals surface area contributed by atoms with E-state index in [1.165, 1.54) is 19.3 Å². The van der Waals surface area contributed by atoms with Crippen LogP contribution >= 0.6 is 0 Å². The highest BCUT2D eigenvalue weighted by Crippen LogP contribution is 2.43. The van der Waals surface area contributed by atoms with E-state index in [0.717, 1.165) is 35.7 Å². The largest absolute Gasteiger partial charge is 0.497 e. The van der Waals surface area contributed by atoms with Gasteiger partial charge in [-0.25, -0.2) is 0 Å². The van der Waals surface area contributed by atoms with Gasteiger partial charge in [-0.2, -0.15) is 9.78 Å². The van der Waals surface area contributed by atoms with Crippen molar-refractivity contribution in [2.24, 2.45) is 0 Å². The van der Waals surface area contributed by atoms with Crippen molar-refractivity contribution in [1.29, 1.82) is 0 Å². The van der Waals surface area contributed by atoms with Crippen LogP contribution in [0.25, 0.3) is 5.82 Å². The average Bonchev–Trinajstić information content (AvgIpc) is 3.19. The number of hydrogen-bond donors (Lipinski definition) is 1. The Labute approximate surface area is 192 Å². The summed E-state index contributed by atoms with van der Waals surface area (Å²) in [6.45, 7) is 3.96. The Balaban J connectivity index is 1.53. The molecule has 1 N–H and O–H groups in total. The van der Waals surface area contributed by atoms with Crippen molar-refractivity contribution in [1.82, 2.24) is 20.0 Å². The first-order valence-electron chi connectivity index (χ1n) is 11.3. The molecule has 1 saturated heterocycles. The molecule has 0 bridgehead atoms. The molecule has 4 heterocycles. The second kappa shape index (κ2) is 8.73. The van der Waals surface area contributed by atoms with E-state index in [9.17, 15) is 4.79 Å². The van der Waals surface area contributed by atoms with Gasteiger partial charge in [0.15, 0.2) is 11.6 Å². The fraction of sp³-hybridized carbons (Fsp3) is 0.417. The minimum absolute atomic E-state index is 0.0792. The number of aryl methyl sites for hydroxylation is 1. The van der Waals surface area contributed by atoms with Crippen molar-refractivity contribution in [3.63, 3.8) is 0 Å². The van der Waals surface area contributed by atoms with Gasteiger partial charge in [0.05, 0.1) is 19.9 Å². The number of nitrogens with zero attached hydrogens (tertiary/aromatic N) is 5. The van der Waals surface area contributed by atoms with E-state index < -0.39 is 0 Å². The quantitative estimate of drug-likeness (QED) is 0.639. The molecule has 2 aliphatic rings. The van der Waals surface area contributed by atoms with E-state index >= 15 is 0 Å². The van der Waals surface area contributed by atoms with E-state index in [1.807, 2.05) is 37.3 Å². The molecule has 0 aliphatic carbocycles. The molecule has 33 heavy (non-hydrogen) atoms. The predicted molar refractivity (Wildman–Crippen MR) is 125 cm³/mol. The van der Waals surface area contributed by atoms with Crippen LogP contribution in [-0.2, 0) is 4.79 Å². The molecule has 2 aliphatic heterocycles. The molecule has 1 fully saturated rings. The smallest absolute Gasteiger partial charge is 0.226 e. The monoisotopic (exact) mass is 448 g/mol. The Bertz CT molecular complexity index is 1170. The van der Waals surface area contributed by atoms with E-state index in [0.29, 0.717) is 29.6 Å². The maximum atomic E-state index is 12.7. The molecule has 2 aromatic heterocycles. The summed E-state index contributed by atoms with van der Waals surface area (Å²) in [4.78, 5) is 15.0. The van der Waals surface area contributed by atoms with Crippen molar-refractivity contribution in [3.05, 3.63) is 47.2 Å². The van der Waals surface area contributed by atoms with Gasteiger partial charge in [0.2, 0.25) is 5.91 Å². The summed E-state index contributed by atoms with van der Waals surface area (Å²) < 4.78 is 12.6. The van der Waals surface area contributed by atoms with Crippen molar-refractivity contribution < 1.29 is 14.3 Å². The zero-order chi connectivity index (χ0) is 22.9. The Morgan fingerprint density at radius 3 is 2.45 bits per heavy atom. The lowest BCUT2D eigenvalue weighted by Gasteiger charge is -2.27. The third-order valence-electron chi connectivity index (χ3n) is 6.45. The standard InChI is InChI=1S/C24H28N6O3/c1-15-23-18(17-8-7-16(32-2)13-19(17)33-3)14-22(31)25-24(23)30(28-15)21-10-9-20(26-27-21)29-11-5-4-6-12-29/h7-10,13,18H,4-6,11-12,14H2,1-3H3,(H,25,31)/t18-/m1/s1. The number of methoxy groups -OCH3 is 2. The number of aromatic nitrogens is 4. The third-order valence-corrected chi connectivity index (χ3v) is 6.45. The molecule has 1 atom stereocenters. The predicted octanol–water partition coefficient (Wildman–Crippen LogP) is 3.45. The highest BCUT2D eigenvalue weighted by Gasteiger charge is 2.34. The fourth-order valence-electron chi connectivity index (χ4n) is 4.81. The second-order valence-electron chi connectivity index (χ2n) is 8.47. The maximum absolute atomic E-state index is 12.7. The summed E-state index contributed by atoms with van der Waals surface area (Å²) in [5, 5.41) is 16.6. The highest BCUT2D eigenvalue weighted by atomic mass is 16.5. The van der Waals surface area contributed by atoms with Gasteiger partial charge in [-0.15, -0.1) is 10.2 Å². The van der Waals surface area contributed by atoms with Crippen molar-refractivity contribution in [2.45, 2.75) is 38.5 Å². The van der Waals surface area contributed by atoms with Crippen LogP contribution in [0.15, 0.2) is 30.3 Å². The summed E-state index contributed by atoms with van der Waals surface area (Å²) in [6.07, 6.45) is 3.93. The minimum Gasteiger partial charge on any atom is -0.497 e. The minimum atomic E-state index is -0.191. The number of fused-ring (bicyclic) bond motifs is 1. The van der Waals surface area contributed by atoms with Gasteiger partial charge in [-0.05, 0) is 44.4 Å². The Morgan fingerprint density at radius 2 is 1.76 bits per heavy atom. The lowest BCUT2D eigenvalue weighted by Crippen LogP contribution is -2.30. The zero-order valence-electron chi connectivity index (χ0n) is 19.2. The van der Waals surface area contributed by atoms with Gasteiger partial charge >= 0.3 is 0 Å². The Morgan fingerprint density at radius 1 is 1.00 bits per heavy atom. The molecule has 5 rings (SSSR count). The van der Waals surface area contributed by atoms with E-state index in [2.05, 4.69) is 20.4 Å². The molecular formula is C24H28N6O3. The average molecular weight is 449 g/mol. The highest BCUT2D eigenvalue weighted by molar-refractivity contribution is 5.95. The molecule has 0 unspecified atom stereocenters. The lowest BCUT2D eigenvalue weighted by molar-refractivity contribution is -0.116. The molecule has 9 nitrogen and oxygen atoms in total. The first kappa shape index (κ1) is 21.2. The second-order valence-corrected chi connectivity index (χ2v) is 8.47. The van der Waals surface area contributed by atoms with Crippen LogP contribution in [0.3, 0.4) is 0 Å². The van der Waals surface area contributed by atoms with Gasteiger partial charge in [-0.1, -0.05) is 6.07 Å². The summed E-state index contributed by atoms with van der Waals surface area (Å²) in [6, 6.07) is 9.56. The summed E-state index contributed by atoms with van der Waals surface area (Å²) >= 11 is 0. The fourth-order valence-corrected chi connectivity index (χ4v) is 4.81. The molecule has 1 amide bonds. The van der Waals surface area contributed by atoms with Crippen LogP contribution in [0.5, 0.6) is 11.5 Å². The van der Waals surface area contributed by atoms with Crippen LogP contribution in [0.4, 0.5) is 11.6 Å². The van der Waals surface area contributed by atoms with Crippen molar-refractivity contribution in [3.8, 4) is 17.3 Å². The molecule has 172 valence electrons. The number of ether oxygens (including phenoxy) is 2. The first-order chi connectivity index (χ1) is 16.1. The molecule has 9 heteroatoms. The van der Waals surface area contributed by atoms with Gasteiger partial charge in [0.1, 0.15) is 17.3 Å². The summed E-state index contributed by atoms with van der Waals surface area (Å²) in [7, 11) is 3.24. The summed E-state index contributed by atoms with van der Waals surface area (Å²) in [5.41, 5.74) is 2.71. The number of nitrogens with one attached hydrogen (secondary N) is 1. The van der Waals surface area contributed by atoms with Crippen LogP contribution in [-0.4, -0.2) is 53.2 Å². The van der Waals surface area contributed by atoms with Gasteiger partial charge in [0, 0.05) is 42.6 Å². The number of benzene rings is 1. The Hall–Kier alpha value is -3.62. The number of piperidine rings is 1. The molecule has 3 aromatic rings. The topological polar surface area (TPSA) is 94.4 Å². The molecule has 0 spiro atoms. The van der Waals surface area contributed by atoms with Crippen molar-refractivity contribution >= 4 is 17.5 Å². The number of carbonyl (C=O) groups excluding carboxylic acids is 1. The number of rotatable bonds is 5. The lowest BCUT2D eigenvalue weighted by atomic mass is 9.85. The molecule has 0 saturated carbocycles. The SMILES string of the molecule is COc1ccc([C@H]2CC(=O)Nc3c2c(C)nn3-c2ccc(N3CCCCC3)nn2)c(OC)c1. The van der Waals surface area contributed by atoms with Crippen LogP contribution in [0, 0.1) is 6.92 Å². The number of amides is 1. The van der Waals surface area contributed by atoms with Crippen LogP contribution < -0.4 is 19.7 Å². The zero-order valence-corrected chi connectivity index (χ0v) is 19.2.